The first kappa shape index (κ1) is 21.2. The maximum absolute atomic E-state index is 14.9. The summed E-state index contributed by atoms with van der Waals surface area (Å²) in [7, 11) is 1.39. The number of aromatic nitrogens is 1. The molecule has 2 aliphatic heterocycles. The fourth-order valence-corrected chi connectivity index (χ4v) is 4.56. The number of piperidine rings is 2. The summed E-state index contributed by atoms with van der Waals surface area (Å²) in [5.41, 5.74) is 2.48. The first-order valence-corrected chi connectivity index (χ1v) is 10.5. The molecule has 1 aromatic heterocycles. The van der Waals surface area contributed by atoms with Crippen LogP contribution in [0.3, 0.4) is 0 Å². The molecule has 1 atom stereocenters. The number of nitrogens with zero attached hydrogens (tertiary/aromatic N) is 2. The average molecular weight is 429 g/mol. The first-order valence-electron chi connectivity index (χ1n) is 10.5. The van der Waals surface area contributed by atoms with Crippen molar-refractivity contribution in [3.63, 3.8) is 0 Å². The second kappa shape index (κ2) is 8.61. The van der Waals surface area contributed by atoms with Crippen molar-refractivity contribution in [2.45, 2.75) is 44.4 Å². The number of pyridine rings is 1. The molecular weight excluding hydrogens is 404 g/mol. The highest BCUT2D eigenvalue weighted by Crippen LogP contribution is 2.35. The Hall–Kier alpha value is -3.03. The van der Waals surface area contributed by atoms with Gasteiger partial charge in [0.05, 0.1) is 18.7 Å². The summed E-state index contributed by atoms with van der Waals surface area (Å²) in [5, 5.41) is 2.31. The molecule has 0 spiro atoms. The summed E-state index contributed by atoms with van der Waals surface area (Å²) in [6.07, 6.45) is 3.83. The van der Waals surface area contributed by atoms with E-state index in [1.165, 1.54) is 13.2 Å². The molecule has 0 aliphatic carbocycles. The van der Waals surface area contributed by atoms with Crippen molar-refractivity contribution >= 4 is 17.5 Å². The molecule has 8 heteroatoms. The minimum atomic E-state index is -0.507. The smallest absolute Gasteiger partial charge is 0.250 e. The van der Waals surface area contributed by atoms with Crippen molar-refractivity contribution < 1.29 is 23.1 Å². The molecule has 1 unspecified atom stereocenters. The Bertz CT molecular complexity index is 1020. The van der Waals surface area contributed by atoms with Crippen LogP contribution in [0, 0.1) is 18.6 Å². The standard InChI is InChI=1S/C23H25F2N3O3/c1-13-17(12-26-23(31-2)21(13)25)14-7-9-28(10-8-14)19-5-3-15(11-18(19)24)16-4-6-20(29)27-22(16)30/h3,5,11-12,14,16H,4,6-10H2,1-2H3,(H,27,29,30). The van der Waals surface area contributed by atoms with Gasteiger partial charge in [-0.3, -0.25) is 14.9 Å². The highest BCUT2D eigenvalue weighted by molar-refractivity contribution is 6.00. The van der Waals surface area contributed by atoms with E-state index in [-0.39, 0.29) is 35.9 Å². The molecule has 31 heavy (non-hydrogen) atoms. The molecular formula is C23H25F2N3O3. The van der Waals surface area contributed by atoms with Crippen LogP contribution in [0.2, 0.25) is 0 Å². The van der Waals surface area contributed by atoms with Crippen LogP contribution in [0.25, 0.3) is 0 Å². The Morgan fingerprint density at radius 3 is 2.55 bits per heavy atom. The van der Waals surface area contributed by atoms with E-state index in [9.17, 15) is 18.4 Å². The number of hydrogen-bond acceptors (Lipinski definition) is 5. The van der Waals surface area contributed by atoms with E-state index in [0.29, 0.717) is 36.3 Å². The highest BCUT2D eigenvalue weighted by atomic mass is 19.1. The molecule has 164 valence electrons. The quantitative estimate of drug-likeness (QED) is 0.753. The summed E-state index contributed by atoms with van der Waals surface area (Å²) in [6, 6.07) is 4.86. The summed E-state index contributed by atoms with van der Waals surface area (Å²) in [4.78, 5) is 29.4. The third-order valence-electron chi connectivity index (χ3n) is 6.35. The van der Waals surface area contributed by atoms with Gasteiger partial charge >= 0.3 is 0 Å². The topological polar surface area (TPSA) is 71.5 Å². The van der Waals surface area contributed by atoms with Gasteiger partial charge in [0.1, 0.15) is 5.82 Å². The van der Waals surface area contributed by atoms with E-state index < -0.39 is 11.7 Å². The first-order chi connectivity index (χ1) is 14.9. The SMILES string of the molecule is COc1ncc(C2CCN(c3ccc(C4CCC(=O)NC4=O)cc3F)CC2)c(C)c1F. The van der Waals surface area contributed by atoms with Crippen LogP contribution < -0.4 is 15.0 Å². The number of halogens is 2. The fourth-order valence-electron chi connectivity index (χ4n) is 4.56. The Morgan fingerprint density at radius 1 is 1.16 bits per heavy atom. The summed E-state index contributed by atoms with van der Waals surface area (Å²) >= 11 is 0. The van der Waals surface area contributed by atoms with E-state index in [1.807, 2.05) is 4.90 Å². The maximum atomic E-state index is 14.9. The van der Waals surface area contributed by atoms with E-state index >= 15 is 0 Å². The van der Waals surface area contributed by atoms with Crippen LogP contribution in [0.15, 0.2) is 24.4 Å². The van der Waals surface area contributed by atoms with Crippen molar-refractivity contribution in [3.8, 4) is 5.88 Å². The van der Waals surface area contributed by atoms with Gasteiger partial charge in [0.25, 0.3) is 0 Å². The van der Waals surface area contributed by atoms with Crippen LogP contribution in [-0.4, -0.2) is 37.0 Å². The van der Waals surface area contributed by atoms with Gasteiger partial charge in [-0.2, -0.15) is 0 Å². The van der Waals surface area contributed by atoms with Gasteiger partial charge in [-0.05, 0) is 60.9 Å². The monoisotopic (exact) mass is 429 g/mol. The zero-order valence-electron chi connectivity index (χ0n) is 17.6. The van der Waals surface area contributed by atoms with Gasteiger partial charge in [-0.25, -0.2) is 13.8 Å². The average Bonchev–Trinajstić information content (AvgIpc) is 2.76. The van der Waals surface area contributed by atoms with Crippen molar-refractivity contribution in [1.29, 1.82) is 0 Å². The third kappa shape index (κ3) is 4.11. The lowest BCUT2D eigenvalue weighted by atomic mass is 9.87. The van der Waals surface area contributed by atoms with Crippen molar-refractivity contribution in [2.24, 2.45) is 0 Å². The molecule has 6 nitrogen and oxygen atoms in total. The maximum Gasteiger partial charge on any atom is 0.250 e. The Morgan fingerprint density at radius 2 is 1.90 bits per heavy atom. The largest absolute Gasteiger partial charge is 0.479 e. The minimum absolute atomic E-state index is 0.00291. The van der Waals surface area contributed by atoms with Gasteiger partial charge in [0.2, 0.25) is 17.7 Å². The lowest BCUT2D eigenvalue weighted by Gasteiger charge is -2.34. The van der Waals surface area contributed by atoms with E-state index in [1.54, 1.807) is 25.3 Å². The number of carbonyl (C=O) groups excluding carboxylic acids is 2. The van der Waals surface area contributed by atoms with Crippen molar-refractivity contribution in [1.82, 2.24) is 10.3 Å². The molecule has 0 saturated carbocycles. The number of carbonyl (C=O) groups is 2. The number of amides is 2. The Kier molecular flexibility index (Phi) is 5.89. The number of rotatable bonds is 4. The van der Waals surface area contributed by atoms with E-state index in [4.69, 9.17) is 4.74 Å². The molecule has 1 N–H and O–H groups in total. The second-order valence-corrected chi connectivity index (χ2v) is 8.14. The van der Waals surface area contributed by atoms with E-state index in [0.717, 1.165) is 18.4 Å². The number of ether oxygens (including phenoxy) is 1. The molecule has 2 saturated heterocycles. The second-order valence-electron chi connectivity index (χ2n) is 8.14. The number of benzene rings is 1. The summed E-state index contributed by atoms with van der Waals surface area (Å²) < 4.78 is 34.2. The number of methoxy groups -OCH3 is 1. The van der Waals surface area contributed by atoms with Gasteiger partial charge in [-0.15, -0.1) is 0 Å². The van der Waals surface area contributed by atoms with Gasteiger partial charge < -0.3 is 9.64 Å². The van der Waals surface area contributed by atoms with Crippen LogP contribution in [-0.2, 0) is 9.59 Å². The molecule has 1 aromatic carbocycles. The minimum Gasteiger partial charge on any atom is -0.479 e. The Labute approximate surface area is 179 Å². The summed E-state index contributed by atoms with van der Waals surface area (Å²) in [5.74, 6) is -1.84. The molecule has 0 radical (unpaired) electrons. The number of hydrogen-bond donors (Lipinski definition) is 1. The third-order valence-corrected chi connectivity index (χ3v) is 6.35. The molecule has 3 heterocycles. The fraction of sp³-hybridized carbons (Fsp3) is 0.435. The van der Waals surface area contributed by atoms with Crippen LogP contribution >= 0.6 is 0 Å². The van der Waals surface area contributed by atoms with Crippen molar-refractivity contribution in [2.75, 3.05) is 25.1 Å². The number of anilines is 1. The van der Waals surface area contributed by atoms with Crippen molar-refractivity contribution in [3.05, 3.63) is 52.7 Å². The molecule has 0 bridgehead atoms. The number of imide groups is 1. The van der Waals surface area contributed by atoms with Crippen LogP contribution in [0.4, 0.5) is 14.5 Å². The molecule has 2 fully saturated rings. The highest BCUT2D eigenvalue weighted by Gasteiger charge is 2.30. The van der Waals surface area contributed by atoms with E-state index in [2.05, 4.69) is 10.3 Å². The van der Waals surface area contributed by atoms with Gasteiger partial charge in [0, 0.05) is 25.7 Å². The van der Waals surface area contributed by atoms with Crippen LogP contribution in [0.5, 0.6) is 5.88 Å². The Balaban J connectivity index is 1.45. The van der Waals surface area contributed by atoms with Gasteiger partial charge in [0.15, 0.2) is 5.82 Å². The molecule has 2 aromatic rings. The molecule has 4 rings (SSSR count). The summed E-state index contributed by atoms with van der Waals surface area (Å²) in [6.45, 7) is 2.99. The predicted octanol–water partition coefficient (Wildman–Crippen LogP) is 3.58. The zero-order chi connectivity index (χ0) is 22.1. The molecule has 2 aliphatic rings. The van der Waals surface area contributed by atoms with Crippen LogP contribution in [0.1, 0.15) is 54.2 Å². The molecule has 2 amide bonds. The lowest BCUT2D eigenvalue weighted by Crippen LogP contribution is -2.39. The predicted molar refractivity (Wildman–Crippen MR) is 111 cm³/mol. The zero-order valence-corrected chi connectivity index (χ0v) is 17.6. The van der Waals surface area contributed by atoms with Gasteiger partial charge in [-0.1, -0.05) is 6.07 Å². The normalized spacial score (nSPS) is 20.0. The lowest BCUT2D eigenvalue weighted by molar-refractivity contribution is -0.134. The number of nitrogens with one attached hydrogen (secondary N) is 1.